The number of rotatable bonds is 5. The number of aromatic nitrogens is 3. The fraction of sp³-hybridized carbons (Fsp3) is 0.471. The van der Waals surface area contributed by atoms with Crippen LogP contribution in [-0.2, 0) is 4.74 Å². The summed E-state index contributed by atoms with van der Waals surface area (Å²) in [5.41, 5.74) is 1.60. The molecule has 24 heavy (non-hydrogen) atoms. The molecule has 1 aliphatic rings. The standard InChI is InChI=1S/C17H23N5O2/c1-21(2)8-7-15-11-22(9-10-24-15)17(23)14-5-3-13(4-6-14)16-18-12-19-20-16/h3-6,12,15H,7-11H2,1-2H3,(H,18,19,20). The van der Waals surface area contributed by atoms with Gasteiger partial charge in [0.25, 0.3) is 5.91 Å². The van der Waals surface area contributed by atoms with Gasteiger partial charge in [-0.05, 0) is 32.6 Å². The molecule has 1 saturated heterocycles. The molecule has 0 aliphatic carbocycles. The van der Waals surface area contributed by atoms with Gasteiger partial charge in [-0.3, -0.25) is 9.89 Å². The fourth-order valence-corrected chi connectivity index (χ4v) is 2.78. The van der Waals surface area contributed by atoms with Crippen LogP contribution in [0.3, 0.4) is 0 Å². The van der Waals surface area contributed by atoms with Crippen molar-refractivity contribution >= 4 is 5.91 Å². The van der Waals surface area contributed by atoms with Crippen LogP contribution in [0, 0.1) is 0 Å². The van der Waals surface area contributed by atoms with E-state index in [1.807, 2.05) is 43.3 Å². The highest BCUT2D eigenvalue weighted by Gasteiger charge is 2.25. The molecule has 0 saturated carbocycles. The van der Waals surface area contributed by atoms with Gasteiger partial charge in [0.1, 0.15) is 6.33 Å². The number of benzene rings is 1. The lowest BCUT2D eigenvalue weighted by molar-refractivity contribution is -0.0269. The molecule has 1 atom stereocenters. The first-order chi connectivity index (χ1) is 11.6. The maximum absolute atomic E-state index is 12.7. The zero-order valence-corrected chi connectivity index (χ0v) is 14.1. The van der Waals surface area contributed by atoms with E-state index in [4.69, 9.17) is 4.74 Å². The summed E-state index contributed by atoms with van der Waals surface area (Å²) in [5, 5.41) is 6.66. The monoisotopic (exact) mass is 329 g/mol. The third kappa shape index (κ3) is 3.98. The summed E-state index contributed by atoms with van der Waals surface area (Å²) in [6.45, 7) is 2.84. The van der Waals surface area contributed by atoms with Crippen molar-refractivity contribution in [2.45, 2.75) is 12.5 Å². The van der Waals surface area contributed by atoms with E-state index in [9.17, 15) is 4.79 Å². The Morgan fingerprint density at radius 1 is 1.38 bits per heavy atom. The Morgan fingerprint density at radius 2 is 2.17 bits per heavy atom. The Labute approximate surface area is 141 Å². The Morgan fingerprint density at radius 3 is 2.83 bits per heavy atom. The second-order valence-corrected chi connectivity index (χ2v) is 6.25. The van der Waals surface area contributed by atoms with Gasteiger partial charge in [0.05, 0.1) is 12.7 Å². The van der Waals surface area contributed by atoms with Crippen LogP contribution in [0.2, 0.25) is 0 Å². The highest BCUT2D eigenvalue weighted by atomic mass is 16.5. The Kier molecular flexibility index (Phi) is 5.22. The quantitative estimate of drug-likeness (QED) is 0.894. The predicted molar refractivity (Wildman–Crippen MR) is 90.6 cm³/mol. The van der Waals surface area contributed by atoms with Crippen LogP contribution >= 0.6 is 0 Å². The van der Waals surface area contributed by atoms with Crippen molar-refractivity contribution in [1.82, 2.24) is 25.0 Å². The summed E-state index contributed by atoms with van der Waals surface area (Å²) in [7, 11) is 4.09. The minimum atomic E-state index is 0.0530. The van der Waals surface area contributed by atoms with Crippen molar-refractivity contribution in [3.05, 3.63) is 36.2 Å². The molecule has 0 bridgehead atoms. The number of nitrogens with zero attached hydrogens (tertiary/aromatic N) is 4. The first-order valence-electron chi connectivity index (χ1n) is 8.15. The van der Waals surface area contributed by atoms with Gasteiger partial charge in [0.2, 0.25) is 0 Å². The Balaban J connectivity index is 1.63. The average Bonchev–Trinajstić information content (AvgIpc) is 3.14. The number of nitrogens with one attached hydrogen (secondary N) is 1. The first-order valence-corrected chi connectivity index (χ1v) is 8.15. The Hall–Kier alpha value is -2.25. The maximum Gasteiger partial charge on any atom is 0.254 e. The largest absolute Gasteiger partial charge is 0.374 e. The minimum Gasteiger partial charge on any atom is -0.374 e. The van der Waals surface area contributed by atoms with E-state index in [1.54, 1.807) is 0 Å². The van der Waals surface area contributed by atoms with Crippen molar-refractivity contribution in [2.75, 3.05) is 40.3 Å². The molecule has 1 fully saturated rings. The molecule has 0 radical (unpaired) electrons. The van der Waals surface area contributed by atoms with E-state index < -0.39 is 0 Å². The molecule has 7 nitrogen and oxygen atoms in total. The predicted octanol–water partition coefficient (Wildman–Crippen LogP) is 1.26. The van der Waals surface area contributed by atoms with Crippen molar-refractivity contribution in [3.63, 3.8) is 0 Å². The third-order valence-electron chi connectivity index (χ3n) is 4.14. The number of carbonyl (C=O) groups is 1. The number of morpholine rings is 1. The molecule has 1 aromatic carbocycles. The molecule has 1 N–H and O–H groups in total. The molecule has 1 aromatic heterocycles. The van der Waals surface area contributed by atoms with Crippen molar-refractivity contribution in [1.29, 1.82) is 0 Å². The van der Waals surface area contributed by atoms with E-state index >= 15 is 0 Å². The van der Waals surface area contributed by atoms with Crippen LogP contribution in [0.15, 0.2) is 30.6 Å². The van der Waals surface area contributed by atoms with E-state index in [1.165, 1.54) is 6.33 Å². The lowest BCUT2D eigenvalue weighted by Gasteiger charge is -2.33. The minimum absolute atomic E-state index is 0.0530. The van der Waals surface area contributed by atoms with Gasteiger partial charge in [-0.2, -0.15) is 5.10 Å². The van der Waals surface area contributed by atoms with Crippen LogP contribution in [0.25, 0.3) is 11.4 Å². The zero-order chi connectivity index (χ0) is 16.9. The first kappa shape index (κ1) is 16.6. The van der Waals surface area contributed by atoms with Gasteiger partial charge in [0.15, 0.2) is 5.82 Å². The third-order valence-corrected chi connectivity index (χ3v) is 4.14. The molecule has 0 spiro atoms. The number of H-pyrrole nitrogens is 1. The van der Waals surface area contributed by atoms with Crippen molar-refractivity contribution in [3.8, 4) is 11.4 Å². The number of ether oxygens (including phenoxy) is 1. The van der Waals surface area contributed by atoms with E-state index in [2.05, 4.69) is 20.1 Å². The topological polar surface area (TPSA) is 74.4 Å². The van der Waals surface area contributed by atoms with Crippen LogP contribution in [0.1, 0.15) is 16.8 Å². The molecular weight excluding hydrogens is 306 g/mol. The van der Waals surface area contributed by atoms with Crippen molar-refractivity contribution in [2.24, 2.45) is 0 Å². The average molecular weight is 329 g/mol. The molecule has 3 rings (SSSR count). The zero-order valence-electron chi connectivity index (χ0n) is 14.1. The number of amides is 1. The van der Waals surface area contributed by atoms with E-state index in [0.29, 0.717) is 31.1 Å². The number of hydrogen-bond acceptors (Lipinski definition) is 5. The molecule has 7 heteroatoms. The van der Waals surface area contributed by atoms with Gasteiger partial charge in [0, 0.05) is 30.8 Å². The van der Waals surface area contributed by atoms with E-state index in [0.717, 1.165) is 18.5 Å². The summed E-state index contributed by atoms with van der Waals surface area (Å²) in [4.78, 5) is 20.8. The second-order valence-electron chi connectivity index (χ2n) is 6.25. The van der Waals surface area contributed by atoms with Crippen LogP contribution in [0.5, 0.6) is 0 Å². The number of aromatic amines is 1. The molecule has 1 unspecified atom stereocenters. The highest BCUT2D eigenvalue weighted by Crippen LogP contribution is 2.17. The highest BCUT2D eigenvalue weighted by molar-refractivity contribution is 5.94. The molecule has 1 amide bonds. The van der Waals surface area contributed by atoms with Gasteiger partial charge in [-0.1, -0.05) is 12.1 Å². The van der Waals surface area contributed by atoms with Crippen LogP contribution in [0.4, 0.5) is 0 Å². The molecule has 2 aromatic rings. The van der Waals surface area contributed by atoms with Crippen LogP contribution in [-0.4, -0.2) is 77.3 Å². The summed E-state index contributed by atoms with van der Waals surface area (Å²) in [6.07, 6.45) is 2.51. The normalized spacial score (nSPS) is 18.1. The number of hydrogen-bond donors (Lipinski definition) is 1. The SMILES string of the molecule is CN(C)CCC1CN(C(=O)c2ccc(-c3ncn[nH]3)cc2)CCO1. The Bertz CT molecular complexity index is 654. The summed E-state index contributed by atoms with van der Waals surface area (Å²) >= 11 is 0. The lowest BCUT2D eigenvalue weighted by Crippen LogP contribution is -2.46. The van der Waals surface area contributed by atoms with Crippen molar-refractivity contribution < 1.29 is 9.53 Å². The van der Waals surface area contributed by atoms with Crippen LogP contribution < -0.4 is 0 Å². The van der Waals surface area contributed by atoms with Gasteiger partial charge in [-0.25, -0.2) is 4.98 Å². The summed E-state index contributed by atoms with van der Waals surface area (Å²) < 4.78 is 5.77. The van der Waals surface area contributed by atoms with Gasteiger partial charge in [-0.15, -0.1) is 0 Å². The van der Waals surface area contributed by atoms with E-state index in [-0.39, 0.29) is 12.0 Å². The summed E-state index contributed by atoms with van der Waals surface area (Å²) in [6, 6.07) is 7.45. The second kappa shape index (κ2) is 7.55. The number of carbonyl (C=O) groups excluding carboxylic acids is 1. The molecular formula is C17H23N5O2. The molecule has 128 valence electrons. The van der Waals surface area contributed by atoms with Gasteiger partial charge < -0.3 is 14.5 Å². The molecule has 2 heterocycles. The lowest BCUT2D eigenvalue weighted by atomic mass is 10.1. The summed E-state index contributed by atoms with van der Waals surface area (Å²) in [5.74, 6) is 0.751. The smallest absolute Gasteiger partial charge is 0.254 e. The fourth-order valence-electron chi connectivity index (χ4n) is 2.78. The maximum atomic E-state index is 12.7. The van der Waals surface area contributed by atoms with Gasteiger partial charge >= 0.3 is 0 Å². The molecule has 1 aliphatic heterocycles.